The minimum atomic E-state index is -0.123. The molecule has 1 amide bonds. The summed E-state index contributed by atoms with van der Waals surface area (Å²) in [5.41, 5.74) is 0. The third-order valence-corrected chi connectivity index (χ3v) is 5.26. The monoisotopic (exact) mass is 324 g/mol. The second kappa shape index (κ2) is 9.91. The van der Waals surface area contributed by atoms with E-state index in [9.17, 15) is 9.59 Å². The van der Waals surface area contributed by atoms with Crippen molar-refractivity contribution in [2.45, 2.75) is 82.7 Å². The first-order valence-corrected chi connectivity index (χ1v) is 9.31. The first-order chi connectivity index (χ1) is 11.2. The van der Waals surface area contributed by atoms with Crippen LogP contribution >= 0.6 is 0 Å². The number of carbonyl (C=O) groups is 2. The molecule has 2 rings (SSSR count). The molecule has 23 heavy (non-hydrogen) atoms. The highest BCUT2D eigenvalue weighted by atomic mass is 16.5. The summed E-state index contributed by atoms with van der Waals surface area (Å²) < 4.78 is 4.61. The third kappa shape index (κ3) is 6.13. The van der Waals surface area contributed by atoms with Gasteiger partial charge in [0, 0.05) is 19.0 Å². The van der Waals surface area contributed by atoms with Crippen LogP contribution in [0.25, 0.3) is 0 Å². The summed E-state index contributed by atoms with van der Waals surface area (Å²) in [4.78, 5) is 23.2. The van der Waals surface area contributed by atoms with Crippen LogP contribution in [0.4, 0.5) is 0 Å². The average molecular weight is 324 g/mol. The lowest BCUT2D eigenvalue weighted by atomic mass is 9.85. The van der Waals surface area contributed by atoms with Crippen molar-refractivity contribution in [3.63, 3.8) is 0 Å². The van der Waals surface area contributed by atoms with Crippen molar-refractivity contribution in [2.75, 3.05) is 13.7 Å². The molecule has 0 bridgehead atoms. The van der Waals surface area contributed by atoms with Crippen molar-refractivity contribution in [2.24, 2.45) is 5.92 Å². The Bertz CT molecular complexity index is 372. The molecular formula is C18H32N2O3. The van der Waals surface area contributed by atoms with Crippen LogP contribution in [0.3, 0.4) is 0 Å². The first kappa shape index (κ1) is 18.2. The fraction of sp³-hybridized carbons (Fsp3) is 0.889. The van der Waals surface area contributed by atoms with E-state index in [1.165, 1.54) is 32.8 Å². The first-order valence-electron chi connectivity index (χ1n) is 9.31. The quantitative estimate of drug-likeness (QED) is 0.505. The molecule has 132 valence electrons. The summed E-state index contributed by atoms with van der Waals surface area (Å²) in [6, 6.07) is 0.609. The van der Waals surface area contributed by atoms with E-state index in [1.54, 1.807) is 0 Å². The Morgan fingerprint density at radius 3 is 2.61 bits per heavy atom. The van der Waals surface area contributed by atoms with Crippen molar-refractivity contribution in [1.82, 2.24) is 10.6 Å². The number of ether oxygens (including phenoxy) is 1. The van der Waals surface area contributed by atoms with Gasteiger partial charge in [-0.2, -0.15) is 0 Å². The molecule has 0 aromatic heterocycles. The normalized spacial score (nSPS) is 26.6. The third-order valence-electron chi connectivity index (χ3n) is 5.26. The summed E-state index contributed by atoms with van der Waals surface area (Å²) in [7, 11) is 1.43. The SMILES string of the molecule is COC(=O)CCCCCCCNC(=O)C1CC2CCCCC2N1. The number of esters is 1. The Kier molecular flexibility index (Phi) is 7.86. The lowest BCUT2D eigenvalue weighted by Gasteiger charge is -2.24. The van der Waals surface area contributed by atoms with Crippen LogP contribution in [0, 0.1) is 5.92 Å². The maximum Gasteiger partial charge on any atom is 0.305 e. The maximum absolute atomic E-state index is 12.2. The lowest BCUT2D eigenvalue weighted by Crippen LogP contribution is -2.43. The Labute approximate surface area is 139 Å². The van der Waals surface area contributed by atoms with E-state index in [2.05, 4.69) is 15.4 Å². The molecule has 2 fully saturated rings. The van der Waals surface area contributed by atoms with E-state index in [1.807, 2.05) is 0 Å². The summed E-state index contributed by atoms with van der Waals surface area (Å²) >= 11 is 0. The van der Waals surface area contributed by atoms with Crippen LogP contribution in [0.15, 0.2) is 0 Å². The molecule has 0 aromatic carbocycles. The van der Waals surface area contributed by atoms with Gasteiger partial charge in [0.1, 0.15) is 0 Å². The van der Waals surface area contributed by atoms with Crippen LogP contribution in [0.1, 0.15) is 70.6 Å². The molecule has 0 radical (unpaired) electrons. The van der Waals surface area contributed by atoms with E-state index in [4.69, 9.17) is 0 Å². The second-order valence-corrected chi connectivity index (χ2v) is 6.99. The highest BCUT2D eigenvalue weighted by Crippen LogP contribution is 2.33. The fourth-order valence-corrected chi connectivity index (χ4v) is 3.88. The standard InChI is InChI=1S/C18H32N2O3/c1-23-17(21)11-5-3-2-4-8-12-19-18(22)16-13-14-9-6-7-10-15(14)20-16/h14-16,20H,2-13H2,1H3,(H,19,22). The number of rotatable bonds is 9. The lowest BCUT2D eigenvalue weighted by molar-refractivity contribution is -0.140. The van der Waals surface area contributed by atoms with Crippen molar-refractivity contribution < 1.29 is 14.3 Å². The number of carbonyl (C=O) groups excluding carboxylic acids is 2. The topological polar surface area (TPSA) is 67.4 Å². The Morgan fingerprint density at radius 2 is 1.83 bits per heavy atom. The number of fused-ring (bicyclic) bond motifs is 1. The zero-order valence-electron chi connectivity index (χ0n) is 14.4. The Balaban J connectivity index is 1.47. The van der Waals surface area contributed by atoms with E-state index in [-0.39, 0.29) is 17.9 Å². The van der Waals surface area contributed by atoms with Gasteiger partial charge in [-0.15, -0.1) is 0 Å². The second-order valence-electron chi connectivity index (χ2n) is 6.99. The molecule has 0 aromatic rings. The summed E-state index contributed by atoms with van der Waals surface area (Å²) in [6.45, 7) is 0.767. The number of methoxy groups -OCH3 is 1. The van der Waals surface area contributed by atoms with Crippen molar-refractivity contribution in [3.8, 4) is 0 Å². The smallest absolute Gasteiger partial charge is 0.305 e. The highest BCUT2D eigenvalue weighted by Gasteiger charge is 2.37. The molecule has 1 heterocycles. The van der Waals surface area contributed by atoms with Gasteiger partial charge in [-0.25, -0.2) is 0 Å². The largest absolute Gasteiger partial charge is 0.469 e. The molecule has 5 heteroatoms. The van der Waals surface area contributed by atoms with Crippen LogP contribution in [-0.2, 0) is 14.3 Å². The van der Waals surface area contributed by atoms with Gasteiger partial charge in [-0.05, 0) is 38.0 Å². The highest BCUT2D eigenvalue weighted by molar-refractivity contribution is 5.82. The predicted molar refractivity (Wildman–Crippen MR) is 90.0 cm³/mol. The molecule has 5 nitrogen and oxygen atoms in total. The van der Waals surface area contributed by atoms with Gasteiger partial charge in [-0.1, -0.05) is 32.1 Å². The van der Waals surface area contributed by atoms with E-state index < -0.39 is 0 Å². The van der Waals surface area contributed by atoms with Gasteiger partial charge >= 0.3 is 5.97 Å². The predicted octanol–water partition coefficient (Wildman–Crippen LogP) is 2.54. The molecule has 1 saturated heterocycles. The van der Waals surface area contributed by atoms with Crippen LogP contribution in [0.5, 0.6) is 0 Å². The van der Waals surface area contributed by atoms with Gasteiger partial charge in [0.2, 0.25) is 5.91 Å². The van der Waals surface area contributed by atoms with Crippen molar-refractivity contribution in [3.05, 3.63) is 0 Å². The maximum atomic E-state index is 12.2. The van der Waals surface area contributed by atoms with Crippen LogP contribution in [0.2, 0.25) is 0 Å². The number of nitrogens with one attached hydrogen (secondary N) is 2. The van der Waals surface area contributed by atoms with E-state index >= 15 is 0 Å². The summed E-state index contributed by atoms with van der Waals surface area (Å²) in [5, 5.41) is 6.60. The molecule has 1 saturated carbocycles. The Hall–Kier alpha value is -1.10. The molecule has 3 atom stereocenters. The number of amides is 1. The van der Waals surface area contributed by atoms with Crippen molar-refractivity contribution >= 4 is 11.9 Å². The number of hydrogen-bond acceptors (Lipinski definition) is 4. The molecule has 3 unspecified atom stereocenters. The van der Waals surface area contributed by atoms with Gasteiger partial charge < -0.3 is 15.4 Å². The summed E-state index contributed by atoms with van der Waals surface area (Å²) in [6.07, 6.45) is 11.9. The average Bonchev–Trinajstić information content (AvgIpc) is 3.01. The van der Waals surface area contributed by atoms with Gasteiger partial charge in [0.05, 0.1) is 13.2 Å². The molecule has 2 N–H and O–H groups in total. The van der Waals surface area contributed by atoms with E-state index in [0.717, 1.165) is 45.1 Å². The van der Waals surface area contributed by atoms with Crippen LogP contribution < -0.4 is 10.6 Å². The fourth-order valence-electron chi connectivity index (χ4n) is 3.88. The van der Waals surface area contributed by atoms with E-state index in [0.29, 0.717) is 18.4 Å². The van der Waals surface area contributed by atoms with Gasteiger partial charge in [0.15, 0.2) is 0 Å². The number of unbranched alkanes of at least 4 members (excludes halogenated alkanes) is 4. The minimum Gasteiger partial charge on any atom is -0.469 e. The van der Waals surface area contributed by atoms with Crippen molar-refractivity contribution in [1.29, 1.82) is 0 Å². The molecule has 0 spiro atoms. The minimum absolute atomic E-state index is 0.0307. The molecule has 2 aliphatic rings. The Morgan fingerprint density at radius 1 is 1.09 bits per heavy atom. The molecular weight excluding hydrogens is 292 g/mol. The molecule has 1 aliphatic carbocycles. The summed E-state index contributed by atoms with van der Waals surface area (Å²) in [5.74, 6) is 0.779. The zero-order chi connectivity index (χ0) is 16.5. The van der Waals surface area contributed by atoms with Gasteiger partial charge in [-0.3, -0.25) is 9.59 Å². The zero-order valence-corrected chi connectivity index (χ0v) is 14.4. The van der Waals surface area contributed by atoms with Gasteiger partial charge in [0.25, 0.3) is 0 Å². The molecule has 1 aliphatic heterocycles. The number of hydrogen-bond donors (Lipinski definition) is 2. The van der Waals surface area contributed by atoms with Crippen LogP contribution in [-0.4, -0.2) is 37.6 Å².